The maximum absolute atomic E-state index is 12.2. The van der Waals surface area contributed by atoms with Crippen molar-refractivity contribution in [1.82, 2.24) is 5.16 Å². The second-order valence-electron chi connectivity index (χ2n) is 7.22. The molecule has 2 aromatic rings. The topological polar surface area (TPSA) is 91.7 Å². The van der Waals surface area contributed by atoms with Crippen molar-refractivity contribution >= 4 is 11.7 Å². The third kappa shape index (κ3) is 5.18. The molecule has 1 fully saturated rings. The van der Waals surface area contributed by atoms with Crippen LogP contribution in [0.25, 0.3) is 0 Å². The fourth-order valence-corrected chi connectivity index (χ4v) is 3.72. The summed E-state index contributed by atoms with van der Waals surface area (Å²) in [6.07, 6.45) is 0. The Kier molecular flexibility index (Phi) is 6.95. The molecule has 0 aliphatic carbocycles. The molecule has 1 saturated heterocycles. The summed E-state index contributed by atoms with van der Waals surface area (Å²) >= 11 is 0. The van der Waals surface area contributed by atoms with Gasteiger partial charge in [-0.25, -0.2) is 0 Å². The number of amides is 1. The molecule has 29 heavy (non-hydrogen) atoms. The molecule has 0 radical (unpaired) electrons. The largest absolute Gasteiger partial charge is 0.493 e. The average Bonchev–Trinajstić information content (AvgIpc) is 3.13. The molecule has 9 nitrogen and oxygen atoms in total. The minimum atomic E-state index is -0.0432. The number of aryl methyl sites for hydroxylation is 1. The maximum Gasteiger partial charge on any atom is 0.280 e. The number of piperazine rings is 1. The summed E-state index contributed by atoms with van der Waals surface area (Å²) in [6.45, 7) is 6.86. The first-order valence-electron chi connectivity index (χ1n) is 9.72. The second kappa shape index (κ2) is 9.62. The fourth-order valence-electron chi connectivity index (χ4n) is 3.72. The summed E-state index contributed by atoms with van der Waals surface area (Å²) in [5, 5.41) is 6.59. The van der Waals surface area contributed by atoms with Gasteiger partial charge in [0, 0.05) is 6.07 Å². The van der Waals surface area contributed by atoms with Crippen LogP contribution in [0.5, 0.6) is 17.2 Å². The van der Waals surface area contributed by atoms with E-state index in [4.69, 9.17) is 18.7 Å². The van der Waals surface area contributed by atoms with Gasteiger partial charge in [-0.2, -0.15) is 0 Å². The van der Waals surface area contributed by atoms with Gasteiger partial charge in [-0.1, -0.05) is 5.16 Å². The van der Waals surface area contributed by atoms with Crippen LogP contribution in [-0.2, 0) is 11.3 Å². The lowest BCUT2D eigenvalue weighted by molar-refractivity contribution is -1.02. The molecule has 0 saturated carbocycles. The van der Waals surface area contributed by atoms with Crippen LogP contribution in [0.3, 0.4) is 0 Å². The molecule has 1 aromatic carbocycles. The van der Waals surface area contributed by atoms with Crippen molar-refractivity contribution in [2.45, 2.75) is 13.5 Å². The number of aromatic nitrogens is 1. The second-order valence-corrected chi connectivity index (χ2v) is 7.22. The number of hydrogen-bond acceptors (Lipinski definition) is 6. The highest BCUT2D eigenvalue weighted by Gasteiger charge is 2.27. The number of hydrogen-bond donors (Lipinski definition) is 3. The zero-order valence-electron chi connectivity index (χ0n) is 17.5. The predicted octanol–water partition coefficient (Wildman–Crippen LogP) is -1.07. The summed E-state index contributed by atoms with van der Waals surface area (Å²) < 4.78 is 21.4. The molecule has 9 heteroatoms. The SMILES string of the molecule is COc1ccc(C[NH+]2CC[NH+](CC(=O)Nc3cc(C)on3)CC2)c(OC)c1OC. The van der Waals surface area contributed by atoms with Crippen LogP contribution in [0.15, 0.2) is 22.7 Å². The molecular weight excluding hydrogens is 376 g/mol. The molecule has 1 aromatic heterocycles. The number of nitrogens with one attached hydrogen (secondary N) is 3. The van der Waals surface area contributed by atoms with E-state index < -0.39 is 0 Å². The van der Waals surface area contributed by atoms with E-state index in [1.807, 2.05) is 12.1 Å². The summed E-state index contributed by atoms with van der Waals surface area (Å²) in [4.78, 5) is 14.9. The van der Waals surface area contributed by atoms with Crippen molar-refractivity contribution in [2.24, 2.45) is 0 Å². The fraction of sp³-hybridized carbons (Fsp3) is 0.500. The molecule has 158 valence electrons. The quantitative estimate of drug-likeness (QED) is 0.517. The normalized spacial score (nSPS) is 18.9. The summed E-state index contributed by atoms with van der Waals surface area (Å²) in [6, 6.07) is 5.65. The summed E-state index contributed by atoms with van der Waals surface area (Å²) in [5.74, 6) is 3.10. The van der Waals surface area contributed by atoms with Crippen molar-refractivity contribution in [3.63, 3.8) is 0 Å². The van der Waals surface area contributed by atoms with Crippen molar-refractivity contribution in [2.75, 3.05) is 59.4 Å². The van der Waals surface area contributed by atoms with Gasteiger partial charge in [0.15, 0.2) is 23.9 Å². The number of ether oxygens (including phenoxy) is 3. The van der Waals surface area contributed by atoms with E-state index in [-0.39, 0.29) is 5.91 Å². The Balaban J connectivity index is 1.53. The minimum absolute atomic E-state index is 0.0432. The number of rotatable bonds is 8. The van der Waals surface area contributed by atoms with E-state index in [9.17, 15) is 4.79 Å². The molecule has 3 rings (SSSR count). The number of anilines is 1. The Morgan fingerprint density at radius 1 is 1.07 bits per heavy atom. The number of quaternary nitrogens is 2. The first-order chi connectivity index (χ1) is 14.0. The van der Waals surface area contributed by atoms with Gasteiger partial charge in [-0.15, -0.1) is 0 Å². The maximum atomic E-state index is 12.2. The van der Waals surface area contributed by atoms with Gasteiger partial charge in [-0.3, -0.25) is 4.79 Å². The first kappa shape index (κ1) is 20.9. The summed E-state index contributed by atoms with van der Waals surface area (Å²) in [7, 11) is 4.88. The molecule has 0 spiro atoms. The Hall–Kier alpha value is -2.78. The van der Waals surface area contributed by atoms with Gasteiger partial charge in [0.25, 0.3) is 5.91 Å². The smallest absolute Gasteiger partial charge is 0.280 e. The van der Waals surface area contributed by atoms with Gasteiger partial charge in [0.2, 0.25) is 5.75 Å². The highest BCUT2D eigenvalue weighted by Crippen LogP contribution is 2.39. The van der Waals surface area contributed by atoms with Crippen LogP contribution in [-0.4, -0.2) is 65.1 Å². The van der Waals surface area contributed by atoms with E-state index in [2.05, 4.69) is 10.5 Å². The Morgan fingerprint density at radius 2 is 1.76 bits per heavy atom. The molecule has 0 unspecified atom stereocenters. The standard InChI is InChI=1S/C20H28N4O5/c1-14-11-17(22-29-14)21-18(25)13-24-9-7-23(8-10-24)12-15-5-6-16(26-2)20(28-4)19(15)27-3/h5-6,11H,7-10,12-13H2,1-4H3,(H,21,22,25)/p+2. The van der Waals surface area contributed by atoms with E-state index in [1.54, 1.807) is 34.3 Å². The lowest BCUT2D eigenvalue weighted by atomic mass is 10.1. The number of carbonyl (C=O) groups is 1. The number of methoxy groups -OCH3 is 3. The van der Waals surface area contributed by atoms with Crippen LogP contribution in [0.2, 0.25) is 0 Å². The Labute approximate surface area is 170 Å². The third-order valence-corrected chi connectivity index (χ3v) is 5.20. The molecule has 3 N–H and O–H groups in total. The van der Waals surface area contributed by atoms with Crippen LogP contribution in [0, 0.1) is 6.92 Å². The van der Waals surface area contributed by atoms with Crippen molar-refractivity contribution < 1.29 is 33.3 Å². The van der Waals surface area contributed by atoms with E-state index in [0.717, 1.165) is 44.0 Å². The zero-order valence-corrected chi connectivity index (χ0v) is 17.5. The van der Waals surface area contributed by atoms with Crippen LogP contribution < -0.4 is 29.3 Å². The lowest BCUT2D eigenvalue weighted by Gasteiger charge is -2.29. The van der Waals surface area contributed by atoms with Gasteiger partial charge in [-0.05, 0) is 19.1 Å². The van der Waals surface area contributed by atoms with Crippen LogP contribution in [0.1, 0.15) is 11.3 Å². The zero-order chi connectivity index (χ0) is 20.8. The van der Waals surface area contributed by atoms with Crippen molar-refractivity contribution in [1.29, 1.82) is 0 Å². The number of carbonyl (C=O) groups excluding carboxylic acids is 1. The summed E-state index contributed by atoms with van der Waals surface area (Å²) in [5.41, 5.74) is 1.09. The molecule has 0 bridgehead atoms. The molecule has 1 aliphatic rings. The van der Waals surface area contributed by atoms with E-state index in [0.29, 0.717) is 29.6 Å². The van der Waals surface area contributed by atoms with Crippen LogP contribution in [0.4, 0.5) is 5.82 Å². The molecule has 1 aliphatic heterocycles. The molecular formula is C20H30N4O5+2. The molecule has 1 amide bonds. The number of benzene rings is 1. The van der Waals surface area contributed by atoms with Crippen LogP contribution >= 0.6 is 0 Å². The van der Waals surface area contributed by atoms with E-state index in [1.165, 1.54) is 9.80 Å². The highest BCUT2D eigenvalue weighted by molar-refractivity contribution is 5.90. The monoisotopic (exact) mass is 406 g/mol. The lowest BCUT2D eigenvalue weighted by Crippen LogP contribution is -3.28. The van der Waals surface area contributed by atoms with Crippen molar-refractivity contribution in [3.8, 4) is 17.2 Å². The Morgan fingerprint density at radius 3 is 2.34 bits per heavy atom. The molecule has 0 atom stereocenters. The van der Waals surface area contributed by atoms with E-state index >= 15 is 0 Å². The predicted molar refractivity (Wildman–Crippen MR) is 106 cm³/mol. The highest BCUT2D eigenvalue weighted by atomic mass is 16.5. The van der Waals surface area contributed by atoms with Gasteiger partial charge in [0.05, 0.1) is 26.9 Å². The third-order valence-electron chi connectivity index (χ3n) is 5.20. The van der Waals surface area contributed by atoms with Gasteiger partial charge in [0.1, 0.15) is 38.5 Å². The molecule has 2 heterocycles. The average molecular weight is 406 g/mol. The number of nitrogens with zero attached hydrogens (tertiary/aromatic N) is 1. The Bertz CT molecular complexity index is 830. The van der Waals surface area contributed by atoms with Crippen molar-refractivity contribution in [3.05, 3.63) is 29.5 Å². The van der Waals surface area contributed by atoms with Gasteiger partial charge >= 0.3 is 0 Å². The minimum Gasteiger partial charge on any atom is -0.493 e. The van der Waals surface area contributed by atoms with Gasteiger partial charge < -0.3 is 33.9 Å². The first-order valence-corrected chi connectivity index (χ1v) is 9.72.